The van der Waals surface area contributed by atoms with Crippen LogP contribution in [0.15, 0.2) is 40.9 Å². The average molecular weight is 395 g/mol. The maximum Gasteiger partial charge on any atom is 0.138 e. The number of para-hydroxylation sites is 1. The first-order chi connectivity index (χ1) is 9.65. The molecule has 0 aliphatic heterocycles. The lowest BCUT2D eigenvalue weighted by atomic mass is 10.1. The van der Waals surface area contributed by atoms with Gasteiger partial charge in [-0.1, -0.05) is 34.1 Å². The molecule has 2 nitrogen and oxygen atoms in total. The van der Waals surface area contributed by atoms with Crippen LogP contribution in [0.2, 0.25) is 0 Å². The minimum Gasteiger partial charge on any atom is -0.487 e. The molecule has 0 bridgehead atoms. The zero-order chi connectivity index (χ0) is 14.5. The van der Waals surface area contributed by atoms with Gasteiger partial charge in [0.15, 0.2) is 0 Å². The summed E-state index contributed by atoms with van der Waals surface area (Å²) in [6.45, 7) is 2.48. The van der Waals surface area contributed by atoms with E-state index in [1.807, 2.05) is 43.3 Å². The Morgan fingerprint density at radius 3 is 2.65 bits per heavy atom. The fourth-order valence-electron chi connectivity index (χ4n) is 1.90. The van der Waals surface area contributed by atoms with E-state index in [1.54, 1.807) is 0 Å². The molecular formula is C16H13Br2NO. The van der Waals surface area contributed by atoms with Gasteiger partial charge in [-0.3, -0.25) is 0 Å². The molecule has 0 unspecified atom stereocenters. The minimum absolute atomic E-state index is 0.486. The van der Waals surface area contributed by atoms with Crippen LogP contribution in [0.25, 0.3) is 0 Å². The summed E-state index contributed by atoms with van der Waals surface area (Å²) in [7, 11) is 0. The Labute approximate surface area is 135 Å². The van der Waals surface area contributed by atoms with Crippen molar-refractivity contribution in [2.75, 3.05) is 0 Å². The van der Waals surface area contributed by atoms with E-state index in [2.05, 4.69) is 37.9 Å². The first kappa shape index (κ1) is 15.1. The number of nitriles is 1. The zero-order valence-corrected chi connectivity index (χ0v) is 14.2. The van der Waals surface area contributed by atoms with Crippen LogP contribution in [0.3, 0.4) is 0 Å². The number of hydrogen-bond donors (Lipinski definition) is 0. The highest BCUT2D eigenvalue weighted by molar-refractivity contribution is 9.10. The lowest BCUT2D eigenvalue weighted by Gasteiger charge is -2.13. The molecular weight excluding hydrogens is 382 g/mol. The molecule has 0 fully saturated rings. The Hall–Kier alpha value is -1.31. The number of nitrogens with zero attached hydrogens (tertiary/aromatic N) is 1. The van der Waals surface area contributed by atoms with Gasteiger partial charge >= 0.3 is 0 Å². The smallest absolute Gasteiger partial charge is 0.138 e. The van der Waals surface area contributed by atoms with E-state index in [0.717, 1.165) is 32.2 Å². The van der Waals surface area contributed by atoms with Crippen LogP contribution in [-0.4, -0.2) is 0 Å². The van der Waals surface area contributed by atoms with Crippen molar-refractivity contribution in [3.8, 4) is 11.8 Å². The van der Waals surface area contributed by atoms with Crippen molar-refractivity contribution in [1.29, 1.82) is 5.26 Å². The summed E-state index contributed by atoms with van der Waals surface area (Å²) in [6, 6.07) is 13.8. The van der Waals surface area contributed by atoms with Gasteiger partial charge in [-0.15, -0.1) is 0 Å². The second-order valence-corrected chi connectivity index (χ2v) is 5.82. The summed E-state index contributed by atoms with van der Waals surface area (Å²) < 4.78 is 6.88. The number of benzene rings is 2. The van der Waals surface area contributed by atoms with Gasteiger partial charge in [-0.25, -0.2) is 0 Å². The Kier molecular flexibility index (Phi) is 5.22. The van der Waals surface area contributed by atoms with E-state index in [-0.39, 0.29) is 0 Å². The Morgan fingerprint density at radius 2 is 2.00 bits per heavy atom. The molecule has 2 aromatic rings. The molecule has 0 aliphatic rings. The summed E-state index contributed by atoms with van der Waals surface area (Å²) in [6.07, 6.45) is 0. The number of aryl methyl sites for hydroxylation is 1. The van der Waals surface area contributed by atoms with Crippen molar-refractivity contribution in [2.24, 2.45) is 0 Å². The first-order valence-corrected chi connectivity index (χ1v) is 8.03. The summed E-state index contributed by atoms with van der Waals surface area (Å²) in [5, 5.41) is 9.62. The van der Waals surface area contributed by atoms with Crippen molar-refractivity contribution in [3.05, 3.63) is 63.1 Å². The summed E-state index contributed by atoms with van der Waals surface area (Å²) in [4.78, 5) is 0. The predicted molar refractivity (Wildman–Crippen MR) is 87.0 cm³/mol. The van der Waals surface area contributed by atoms with E-state index < -0.39 is 0 Å². The Morgan fingerprint density at radius 1 is 1.20 bits per heavy atom. The van der Waals surface area contributed by atoms with Crippen LogP contribution in [0.1, 0.15) is 22.3 Å². The number of alkyl halides is 1. The monoisotopic (exact) mass is 393 g/mol. The third-order valence-electron chi connectivity index (χ3n) is 3.04. The van der Waals surface area contributed by atoms with Crippen molar-refractivity contribution in [2.45, 2.75) is 18.9 Å². The van der Waals surface area contributed by atoms with Gasteiger partial charge in [-0.2, -0.15) is 5.26 Å². The third-order valence-corrected chi connectivity index (χ3v) is 4.26. The molecule has 20 heavy (non-hydrogen) atoms. The molecule has 0 aliphatic carbocycles. The Balaban J connectivity index is 2.19. The van der Waals surface area contributed by atoms with Crippen LogP contribution >= 0.6 is 31.9 Å². The summed E-state index contributed by atoms with van der Waals surface area (Å²) >= 11 is 6.98. The summed E-state index contributed by atoms with van der Waals surface area (Å²) in [5.74, 6) is 0.855. The van der Waals surface area contributed by atoms with Gasteiger partial charge in [-0.05, 0) is 52.2 Å². The van der Waals surface area contributed by atoms with Crippen molar-refractivity contribution >= 4 is 31.9 Å². The van der Waals surface area contributed by atoms with E-state index in [9.17, 15) is 0 Å². The zero-order valence-electron chi connectivity index (χ0n) is 11.0. The molecule has 0 N–H and O–H groups in total. The minimum atomic E-state index is 0.486. The van der Waals surface area contributed by atoms with Crippen molar-refractivity contribution in [1.82, 2.24) is 0 Å². The van der Waals surface area contributed by atoms with Gasteiger partial charge < -0.3 is 4.74 Å². The van der Waals surface area contributed by atoms with E-state index in [0.29, 0.717) is 12.2 Å². The van der Waals surface area contributed by atoms with Gasteiger partial charge in [0.2, 0.25) is 0 Å². The number of hydrogen-bond acceptors (Lipinski definition) is 2. The van der Waals surface area contributed by atoms with Gasteiger partial charge in [0, 0.05) is 10.9 Å². The van der Waals surface area contributed by atoms with E-state index in [4.69, 9.17) is 10.00 Å². The Bertz CT molecular complexity index is 662. The maximum absolute atomic E-state index is 8.87. The fraction of sp³-hybridized carbons (Fsp3) is 0.188. The van der Waals surface area contributed by atoms with Crippen LogP contribution in [0, 0.1) is 18.3 Å². The molecule has 0 atom stereocenters. The predicted octanol–water partition coefficient (Wildman–Crippen LogP) is 5.10. The number of rotatable bonds is 4. The van der Waals surface area contributed by atoms with Crippen LogP contribution < -0.4 is 4.74 Å². The molecule has 0 spiro atoms. The lowest BCUT2D eigenvalue weighted by Crippen LogP contribution is -2.01. The molecule has 4 heteroatoms. The van der Waals surface area contributed by atoms with Crippen LogP contribution in [0.5, 0.6) is 5.75 Å². The quantitative estimate of drug-likeness (QED) is 0.675. The molecule has 0 aromatic heterocycles. The molecule has 0 saturated heterocycles. The van der Waals surface area contributed by atoms with Crippen molar-refractivity contribution in [3.63, 3.8) is 0 Å². The van der Waals surface area contributed by atoms with Gasteiger partial charge in [0.25, 0.3) is 0 Å². The average Bonchev–Trinajstić information content (AvgIpc) is 2.46. The number of halogens is 2. The van der Waals surface area contributed by atoms with Gasteiger partial charge in [0.05, 0.1) is 16.1 Å². The third kappa shape index (κ3) is 3.41. The van der Waals surface area contributed by atoms with E-state index >= 15 is 0 Å². The summed E-state index contributed by atoms with van der Waals surface area (Å²) in [5.41, 5.74) is 3.93. The van der Waals surface area contributed by atoms with Crippen LogP contribution in [-0.2, 0) is 11.9 Å². The molecule has 0 amide bonds. The first-order valence-electron chi connectivity index (χ1n) is 6.11. The van der Waals surface area contributed by atoms with Crippen molar-refractivity contribution < 1.29 is 4.74 Å². The normalized spacial score (nSPS) is 10.1. The van der Waals surface area contributed by atoms with Crippen LogP contribution in [0.4, 0.5) is 0 Å². The highest BCUT2D eigenvalue weighted by Gasteiger charge is 2.08. The molecule has 2 rings (SSSR count). The molecule has 0 heterocycles. The van der Waals surface area contributed by atoms with Gasteiger partial charge in [0.1, 0.15) is 12.4 Å². The standard InChI is InChI=1S/C16H13Br2NO/c1-11-7-12(9-19)5-6-14(11)10-20-16-13(8-17)3-2-4-15(16)18/h2-7H,8,10H2,1H3. The molecule has 0 saturated carbocycles. The highest BCUT2D eigenvalue weighted by Crippen LogP contribution is 2.31. The topological polar surface area (TPSA) is 33.0 Å². The highest BCUT2D eigenvalue weighted by atomic mass is 79.9. The SMILES string of the molecule is Cc1cc(C#N)ccc1COc1c(Br)cccc1CBr. The fourth-order valence-corrected chi connectivity index (χ4v) is 2.86. The second kappa shape index (κ2) is 6.92. The molecule has 102 valence electrons. The second-order valence-electron chi connectivity index (χ2n) is 4.40. The maximum atomic E-state index is 8.87. The number of ether oxygens (including phenoxy) is 1. The molecule has 2 aromatic carbocycles. The molecule has 0 radical (unpaired) electrons. The van der Waals surface area contributed by atoms with E-state index in [1.165, 1.54) is 0 Å². The lowest BCUT2D eigenvalue weighted by molar-refractivity contribution is 0.301. The largest absolute Gasteiger partial charge is 0.487 e.